The van der Waals surface area contributed by atoms with Gasteiger partial charge in [0.15, 0.2) is 5.16 Å². The molecule has 0 amide bonds. The molecule has 4 aromatic rings. The van der Waals surface area contributed by atoms with Crippen LogP contribution in [0.25, 0.3) is 0 Å². The Morgan fingerprint density at radius 1 is 0.786 bits per heavy atom. The van der Waals surface area contributed by atoms with E-state index < -0.39 is 0 Å². The van der Waals surface area contributed by atoms with E-state index in [9.17, 15) is 0 Å². The van der Waals surface area contributed by atoms with Gasteiger partial charge < -0.3 is 4.90 Å². The number of anilines is 2. The summed E-state index contributed by atoms with van der Waals surface area (Å²) in [6.07, 6.45) is 14.6. The van der Waals surface area contributed by atoms with Crippen molar-refractivity contribution in [2.75, 3.05) is 11.2 Å². The maximum Gasteiger partial charge on any atom is 0.189 e. The van der Waals surface area contributed by atoms with Gasteiger partial charge in [0, 0.05) is 37.2 Å². The van der Waals surface area contributed by atoms with Crippen LogP contribution in [0.15, 0.2) is 91.0 Å². The highest BCUT2D eigenvalue weighted by molar-refractivity contribution is 7.98. The SMILES string of the molecule is CSc1nccc(N(c2cccnc2)C(c2cccnc2)c2cccnc2)n1. The smallest absolute Gasteiger partial charge is 0.189 e. The van der Waals surface area contributed by atoms with Crippen molar-refractivity contribution in [3.05, 3.63) is 97.0 Å². The van der Waals surface area contributed by atoms with Crippen LogP contribution in [-0.4, -0.2) is 31.2 Å². The standard InChI is InChI=1S/C21H18N6S/c1-28-21-25-12-8-19(26-21)27(18-7-4-11-24-15-18)20(16-5-2-9-22-13-16)17-6-3-10-23-14-17/h2-15,20H,1H3. The lowest BCUT2D eigenvalue weighted by molar-refractivity contribution is 0.780. The lowest BCUT2D eigenvalue weighted by Gasteiger charge is -2.33. The van der Waals surface area contributed by atoms with Crippen molar-refractivity contribution in [2.24, 2.45) is 0 Å². The fourth-order valence-electron chi connectivity index (χ4n) is 3.04. The van der Waals surface area contributed by atoms with Crippen LogP contribution in [0.5, 0.6) is 0 Å². The van der Waals surface area contributed by atoms with Crippen molar-refractivity contribution in [3.63, 3.8) is 0 Å². The Labute approximate surface area is 167 Å². The fourth-order valence-corrected chi connectivity index (χ4v) is 3.39. The number of thioether (sulfide) groups is 1. The molecule has 0 spiro atoms. The first kappa shape index (κ1) is 18.1. The van der Waals surface area contributed by atoms with Crippen LogP contribution < -0.4 is 4.90 Å². The lowest BCUT2D eigenvalue weighted by Crippen LogP contribution is -2.26. The molecule has 0 unspecified atom stereocenters. The van der Waals surface area contributed by atoms with Crippen LogP contribution in [0.4, 0.5) is 11.5 Å². The third-order valence-corrected chi connectivity index (χ3v) is 4.79. The second kappa shape index (κ2) is 8.58. The molecule has 0 radical (unpaired) electrons. The Bertz CT molecular complexity index is 975. The summed E-state index contributed by atoms with van der Waals surface area (Å²) in [6.45, 7) is 0. The number of hydrogen-bond donors (Lipinski definition) is 0. The summed E-state index contributed by atoms with van der Waals surface area (Å²) >= 11 is 1.51. The zero-order chi connectivity index (χ0) is 19.2. The van der Waals surface area contributed by atoms with Gasteiger partial charge in [-0.05, 0) is 47.7 Å². The van der Waals surface area contributed by atoms with Gasteiger partial charge in [0.1, 0.15) is 5.82 Å². The Morgan fingerprint density at radius 2 is 1.43 bits per heavy atom. The van der Waals surface area contributed by atoms with E-state index in [1.807, 2.05) is 55.2 Å². The molecule has 4 aromatic heterocycles. The first-order chi connectivity index (χ1) is 13.9. The van der Waals surface area contributed by atoms with E-state index in [-0.39, 0.29) is 6.04 Å². The van der Waals surface area contributed by atoms with Crippen molar-refractivity contribution in [3.8, 4) is 0 Å². The largest absolute Gasteiger partial charge is 0.313 e. The number of rotatable bonds is 6. The minimum Gasteiger partial charge on any atom is -0.313 e. The van der Waals surface area contributed by atoms with Gasteiger partial charge in [-0.15, -0.1) is 0 Å². The zero-order valence-corrected chi connectivity index (χ0v) is 16.1. The monoisotopic (exact) mass is 386 g/mol. The molecule has 4 heterocycles. The molecule has 0 saturated carbocycles. The quantitative estimate of drug-likeness (QED) is 0.361. The Kier molecular flexibility index (Phi) is 5.53. The number of aromatic nitrogens is 5. The lowest BCUT2D eigenvalue weighted by atomic mass is 9.99. The molecular formula is C21H18N6S. The van der Waals surface area contributed by atoms with Crippen molar-refractivity contribution in [1.29, 1.82) is 0 Å². The summed E-state index contributed by atoms with van der Waals surface area (Å²) in [4.78, 5) is 24.2. The maximum atomic E-state index is 4.75. The van der Waals surface area contributed by atoms with Crippen LogP contribution in [0.2, 0.25) is 0 Å². The molecule has 138 valence electrons. The number of nitrogens with zero attached hydrogens (tertiary/aromatic N) is 6. The molecule has 0 saturated heterocycles. The molecule has 0 bridgehead atoms. The molecule has 28 heavy (non-hydrogen) atoms. The predicted molar refractivity (Wildman–Crippen MR) is 111 cm³/mol. The molecule has 0 atom stereocenters. The molecular weight excluding hydrogens is 368 g/mol. The highest BCUT2D eigenvalue weighted by Crippen LogP contribution is 2.37. The molecule has 6 nitrogen and oxygen atoms in total. The van der Waals surface area contributed by atoms with Gasteiger partial charge in [-0.1, -0.05) is 23.9 Å². The van der Waals surface area contributed by atoms with E-state index in [2.05, 4.69) is 37.0 Å². The molecule has 0 aromatic carbocycles. The molecule has 4 rings (SSSR count). The van der Waals surface area contributed by atoms with Crippen molar-refractivity contribution in [2.45, 2.75) is 11.2 Å². The summed E-state index contributed by atoms with van der Waals surface area (Å²) in [7, 11) is 0. The second-order valence-corrected chi connectivity index (χ2v) is 6.73. The Balaban J connectivity index is 1.94. The number of hydrogen-bond acceptors (Lipinski definition) is 7. The van der Waals surface area contributed by atoms with Crippen molar-refractivity contribution in [1.82, 2.24) is 24.9 Å². The third-order valence-electron chi connectivity index (χ3n) is 4.23. The van der Waals surface area contributed by atoms with Gasteiger partial charge in [-0.2, -0.15) is 0 Å². The van der Waals surface area contributed by atoms with Gasteiger partial charge >= 0.3 is 0 Å². The normalized spacial score (nSPS) is 10.8. The minimum absolute atomic E-state index is 0.170. The van der Waals surface area contributed by atoms with Crippen LogP contribution in [0, 0.1) is 0 Å². The van der Waals surface area contributed by atoms with E-state index in [0.29, 0.717) is 5.16 Å². The van der Waals surface area contributed by atoms with Crippen molar-refractivity contribution >= 4 is 23.3 Å². The molecule has 0 aliphatic rings. The fraction of sp³-hybridized carbons (Fsp3) is 0.0952. The zero-order valence-electron chi connectivity index (χ0n) is 15.3. The van der Waals surface area contributed by atoms with E-state index in [1.165, 1.54) is 11.8 Å². The summed E-state index contributed by atoms with van der Waals surface area (Å²) < 4.78 is 0. The van der Waals surface area contributed by atoms with Gasteiger partial charge in [-0.3, -0.25) is 15.0 Å². The van der Waals surface area contributed by atoms with E-state index >= 15 is 0 Å². The first-order valence-corrected chi connectivity index (χ1v) is 9.95. The maximum absolute atomic E-state index is 4.75. The van der Waals surface area contributed by atoms with E-state index in [0.717, 1.165) is 22.6 Å². The summed E-state index contributed by atoms with van der Waals surface area (Å²) in [5, 5.41) is 0.711. The molecule has 0 aliphatic carbocycles. The van der Waals surface area contributed by atoms with E-state index in [4.69, 9.17) is 4.98 Å². The highest BCUT2D eigenvalue weighted by atomic mass is 32.2. The molecule has 7 heteroatoms. The van der Waals surface area contributed by atoms with Crippen LogP contribution in [-0.2, 0) is 0 Å². The Hall–Kier alpha value is -3.32. The average Bonchev–Trinajstić information content (AvgIpc) is 2.79. The third kappa shape index (κ3) is 3.84. The van der Waals surface area contributed by atoms with Crippen LogP contribution >= 0.6 is 11.8 Å². The van der Waals surface area contributed by atoms with Crippen LogP contribution in [0.3, 0.4) is 0 Å². The van der Waals surface area contributed by atoms with Gasteiger partial charge in [0.2, 0.25) is 0 Å². The summed E-state index contributed by atoms with van der Waals surface area (Å²) in [5.41, 5.74) is 2.98. The van der Waals surface area contributed by atoms with Gasteiger partial charge in [0.05, 0.1) is 17.9 Å². The average molecular weight is 386 g/mol. The summed E-state index contributed by atoms with van der Waals surface area (Å²) in [5.74, 6) is 0.782. The highest BCUT2D eigenvalue weighted by Gasteiger charge is 2.26. The Morgan fingerprint density at radius 3 is 1.96 bits per heavy atom. The number of pyridine rings is 3. The minimum atomic E-state index is -0.170. The second-order valence-electron chi connectivity index (χ2n) is 5.96. The van der Waals surface area contributed by atoms with E-state index in [1.54, 1.807) is 24.8 Å². The molecule has 0 aliphatic heterocycles. The van der Waals surface area contributed by atoms with Crippen LogP contribution in [0.1, 0.15) is 17.2 Å². The topological polar surface area (TPSA) is 67.7 Å². The first-order valence-electron chi connectivity index (χ1n) is 8.73. The van der Waals surface area contributed by atoms with Crippen molar-refractivity contribution < 1.29 is 0 Å². The summed E-state index contributed by atoms with van der Waals surface area (Å²) in [6, 6.07) is 13.7. The molecule has 0 N–H and O–H groups in total. The van der Waals surface area contributed by atoms with Gasteiger partial charge in [0.25, 0.3) is 0 Å². The predicted octanol–water partition coefficient (Wildman–Crippen LogP) is 4.31. The molecule has 0 fully saturated rings. The van der Waals surface area contributed by atoms with Gasteiger partial charge in [-0.25, -0.2) is 9.97 Å².